The first kappa shape index (κ1) is 25.9. The summed E-state index contributed by atoms with van der Waals surface area (Å²) in [5.41, 5.74) is 2.19. The Labute approximate surface area is 195 Å². The van der Waals surface area contributed by atoms with E-state index in [-0.39, 0.29) is 35.9 Å². The maximum atomic E-state index is 13.2. The highest BCUT2D eigenvalue weighted by molar-refractivity contribution is 7.18. The van der Waals surface area contributed by atoms with E-state index in [1.807, 2.05) is 6.07 Å². The quantitative estimate of drug-likeness (QED) is 0.397. The van der Waals surface area contributed by atoms with Gasteiger partial charge in [-0.15, -0.1) is 11.3 Å². The van der Waals surface area contributed by atoms with E-state index in [9.17, 15) is 14.4 Å². The molecule has 0 aliphatic heterocycles. The molecule has 0 fully saturated rings. The van der Waals surface area contributed by atoms with Crippen LogP contribution in [0.5, 0.6) is 0 Å². The van der Waals surface area contributed by atoms with Crippen LogP contribution in [0, 0.1) is 11.8 Å². The monoisotopic (exact) mass is 456 g/mol. The van der Waals surface area contributed by atoms with Crippen LogP contribution in [0.2, 0.25) is 0 Å². The molecule has 1 heterocycles. The number of hydrogen-bond acceptors (Lipinski definition) is 5. The molecule has 3 atom stereocenters. The highest BCUT2D eigenvalue weighted by Crippen LogP contribution is 2.28. The van der Waals surface area contributed by atoms with Crippen molar-refractivity contribution in [3.05, 3.63) is 41.4 Å². The Kier molecular flexibility index (Phi) is 9.76. The lowest BCUT2D eigenvalue weighted by molar-refractivity contribution is -0.129. The standard InChI is InChI=1S/C26H36N2O3S/c1-7-17(5)22(12-10-21(30)8-2)28-26(31)20(13-18(6)29)15-25-27-23-11-9-19(16(3)4)14-24(23)32-25/h8-9,11,14,16-17,20,22H,2,7,10,12-13,15H2,1,3-6H3,(H,28,31)/t17-,20-,22+/m0/s1. The van der Waals surface area contributed by atoms with Crippen molar-refractivity contribution >= 4 is 39.0 Å². The molecule has 0 aliphatic rings. The number of carbonyl (C=O) groups excluding carboxylic acids is 3. The lowest BCUT2D eigenvalue weighted by atomic mass is 9.92. The van der Waals surface area contributed by atoms with Gasteiger partial charge in [-0.2, -0.15) is 0 Å². The van der Waals surface area contributed by atoms with Gasteiger partial charge in [-0.05, 0) is 49.0 Å². The first-order chi connectivity index (χ1) is 15.1. The first-order valence-electron chi connectivity index (χ1n) is 11.5. The van der Waals surface area contributed by atoms with Gasteiger partial charge in [-0.25, -0.2) is 4.98 Å². The summed E-state index contributed by atoms with van der Waals surface area (Å²) in [6.07, 6.45) is 3.74. The van der Waals surface area contributed by atoms with Crippen molar-refractivity contribution in [2.45, 2.75) is 78.7 Å². The number of thiazole rings is 1. The van der Waals surface area contributed by atoms with E-state index in [0.29, 0.717) is 25.2 Å². The van der Waals surface area contributed by atoms with E-state index in [1.54, 1.807) is 11.3 Å². The number of nitrogens with zero attached hydrogens (tertiary/aromatic N) is 1. The second-order valence-electron chi connectivity index (χ2n) is 9.01. The van der Waals surface area contributed by atoms with Gasteiger partial charge in [0.1, 0.15) is 5.78 Å². The fourth-order valence-electron chi connectivity index (χ4n) is 3.73. The summed E-state index contributed by atoms with van der Waals surface area (Å²) in [4.78, 5) is 41.5. The van der Waals surface area contributed by atoms with Crippen LogP contribution in [0.15, 0.2) is 30.9 Å². The van der Waals surface area contributed by atoms with Gasteiger partial charge in [-0.1, -0.05) is 46.8 Å². The molecular weight excluding hydrogens is 420 g/mol. The number of Topliss-reactive ketones (excluding diaryl/α,β-unsaturated/α-hetero) is 1. The predicted octanol–water partition coefficient (Wildman–Crippen LogP) is 5.62. The second kappa shape index (κ2) is 12.0. The molecular formula is C26H36N2O3S. The number of amides is 1. The van der Waals surface area contributed by atoms with Gasteiger partial charge in [-0.3, -0.25) is 9.59 Å². The van der Waals surface area contributed by atoms with Crippen molar-refractivity contribution in [3.8, 4) is 0 Å². The van der Waals surface area contributed by atoms with E-state index in [2.05, 4.69) is 51.7 Å². The third-order valence-corrected chi connectivity index (χ3v) is 7.08. The summed E-state index contributed by atoms with van der Waals surface area (Å²) in [6, 6.07) is 6.17. The molecule has 0 bridgehead atoms. The maximum absolute atomic E-state index is 13.2. The molecule has 174 valence electrons. The molecule has 0 aliphatic carbocycles. The third-order valence-electron chi connectivity index (χ3n) is 6.04. The topological polar surface area (TPSA) is 76.1 Å². The molecule has 2 rings (SSSR count). The van der Waals surface area contributed by atoms with Crippen LogP contribution in [0.1, 0.15) is 76.8 Å². The third kappa shape index (κ3) is 7.37. The molecule has 1 aromatic heterocycles. The zero-order valence-corrected chi connectivity index (χ0v) is 20.8. The molecule has 1 aromatic carbocycles. The molecule has 1 N–H and O–H groups in total. The lowest BCUT2D eigenvalue weighted by Gasteiger charge is -2.26. The molecule has 0 saturated carbocycles. The fraction of sp³-hybridized carbons (Fsp3) is 0.538. The van der Waals surface area contributed by atoms with E-state index < -0.39 is 5.92 Å². The normalized spacial score (nSPS) is 14.2. The molecule has 32 heavy (non-hydrogen) atoms. The van der Waals surface area contributed by atoms with E-state index in [0.717, 1.165) is 21.6 Å². The number of carbonyl (C=O) groups is 3. The van der Waals surface area contributed by atoms with E-state index in [4.69, 9.17) is 4.98 Å². The summed E-state index contributed by atoms with van der Waals surface area (Å²) in [7, 11) is 0. The van der Waals surface area contributed by atoms with Crippen LogP contribution in [0.25, 0.3) is 10.2 Å². The van der Waals surface area contributed by atoms with Crippen molar-refractivity contribution in [1.82, 2.24) is 10.3 Å². The maximum Gasteiger partial charge on any atom is 0.224 e. The van der Waals surface area contributed by atoms with Gasteiger partial charge in [0, 0.05) is 25.3 Å². The smallest absolute Gasteiger partial charge is 0.224 e. The Balaban J connectivity index is 2.19. The zero-order chi connectivity index (χ0) is 23.8. The van der Waals surface area contributed by atoms with E-state index >= 15 is 0 Å². The number of benzene rings is 1. The van der Waals surface area contributed by atoms with Crippen molar-refractivity contribution < 1.29 is 14.4 Å². The van der Waals surface area contributed by atoms with Gasteiger partial charge in [0.2, 0.25) is 5.91 Å². The van der Waals surface area contributed by atoms with Crippen LogP contribution in [-0.2, 0) is 20.8 Å². The SMILES string of the molecule is C=CC(=O)CC[C@@H](NC(=O)[C@@H](CC(C)=O)Cc1nc2ccc(C(C)C)cc2s1)[C@@H](C)CC. The lowest BCUT2D eigenvalue weighted by Crippen LogP contribution is -2.43. The number of ketones is 2. The van der Waals surface area contributed by atoms with Gasteiger partial charge >= 0.3 is 0 Å². The Morgan fingerprint density at radius 3 is 2.53 bits per heavy atom. The summed E-state index contributed by atoms with van der Waals surface area (Å²) < 4.78 is 1.11. The Morgan fingerprint density at radius 2 is 1.94 bits per heavy atom. The fourth-order valence-corrected chi connectivity index (χ4v) is 4.83. The number of aromatic nitrogens is 1. The van der Waals surface area contributed by atoms with Crippen LogP contribution in [0.4, 0.5) is 0 Å². The second-order valence-corrected chi connectivity index (χ2v) is 10.1. The largest absolute Gasteiger partial charge is 0.353 e. The van der Waals surface area contributed by atoms with Gasteiger partial charge in [0.25, 0.3) is 0 Å². The minimum Gasteiger partial charge on any atom is -0.353 e. The summed E-state index contributed by atoms with van der Waals surface area (Å²) in [6.45, 7) is 13.5. The van der Waals surface area contributed by atoms with Crippen LogP contribution < -0.4 is 5.32 Å². The minimum absolute atomic E-state index is 0.0183. The molecule has 0 radical (unpaired) electrons. The van der Waals surface area contributed by atoms with Gasteiger partial charge < -0.3 is 10.1 Å². The van der Waals surface area contributed by atoms with Gasteiger partial charge in [0.15, 0.2) is 5.78 Å². The average molecular weight is 457 g/mol. The number of fused-ring (bicyclic) bond motifs is 1. The summed E-state index contributed by atoms with van der Waals surface area (Å²) >= 11 is 1.59. The molecule has 2 aromatic rings. The zero-order valence-electron chi connectivity index (χ0n) is 19.9. The molecule has 6 heteroatoms. The minimum atomic E-state index is -0.473. The van der Waals surface area contributed by atoms with Crippen molar-refractivity contribution in [1.29, 1.82) is 0 Å². The Bertz CT molecular complexity index is 963. The predicted molar refractivity (Wildman–Crippen MR) is 132 cm³/mol. The molecule has 0 unspecified atom stereocenters. The van der Waals surface area contributed by atoms with Crippen molar-refractivity contribution in [2.24, 2.45) is 11.8 Å². The van der Waals surface area contributed by atoms with Crippen molar-refractivity contribution in [2.75, 3.05) is 0 Å². The number of nitrogens with one attached hydrogen (secondary N) is 1. The van der Waals surface area contributed by atoms with Gasteiger partial charge in [0.05, 0.1) is 21.1 Å². The van der Waals surface area contributed by atoms with E-state index in [1.165, 1.54) is 18.6 Å². The molecule has 0 saturated heterocycles. The summed E-state index contributed by atoms with van der Waals surface area (Å²) in [5.74, 6) is 0.00873. The van der Waals surface area contributed by atoms with Crippen molar-refractivity contribution in [3.63, 3.8) is 0 Å². The highest BCUT2D eigenvalue weighted by Gasteiger charge is 2.26. The number of hydrogen-bond donors (Lipinski definition) is 1. The highest BCUT2D eigenvalue weighted by atomic mass is 32.1. The molecule has 5 nitrogen and oxygen atoms in total. The molecule has 0 spiro atoms. The summed E-state index contributed by atoms with van der Waals surface area (Å²) in [5, 5.41) is 3.99. The van der Waals surface area contributed by atoms with Crippen LogP contribution in [-0.4, -0.2) is 28.5 Å². The first-order valence-corrected chi connectivity index (χ1v) is 12.3. The van der Waals surface area contributed by atoms with Crippen LogP contribution >= 0.6 is 11.3 Å². The number of allylic oxidation sites excluding steroid dienone is 1. The number of rotatable bonds is 13. The average Bonchev–Trinajstić information content (AvgIpc) is 3.16. The Hall–Kier alpha value is -2.34. The van der Waals surface area contributed by atoms with Crippen LogP contribution in [0.3, 0.4) is 0 Å². The molecule has 1 amide bonds. The Morgan fingerprint density at radius 1 is 1.22 bits per heavy atom.